The number of rotatable bonds is 4. The summed E-state index contributed by atoms with van der Waals surface area (Å²) in [6.07, 6.45) is 0. The molecule has 0 unspecified atom stereocenters. The molecule has 0 saturated heterocycles. The van der Waals surface area contributed by atoms with Crippen molar-refractivity contribution in [1.82, 2.24) is 0 Å². The van der Waals surface area contributed by atoms with Gasteiger partial charge in [0.25, 0.3) is 0 Å². The van der Waals surface area contributed by atoms with Crippen LogP contribution in [0.4, 0.5) is 17.1 Å². The van der Waals surface area contributed by atoms with E-state index in [1.165, 1.54) is 65.7 Å². The lowest BCUT2D eigenvalue weighted by atomic mass is 9.82. The number of benzene rings is 9. The van der Waals surface area contributed by atoms with Crippen molar-refractivity contribution in [3.05, 3.63) is 187 Å². The second kappa shape index (κ2) is 11.2. The van der Waals surface area contributed by atoms with Crippen LogP contribution in [0.15, 0.2) is 180 Å². The van der Waals surface area contributed by atoms with Crippen LogP contribution in [-0.2, 0) is 5.41 Å². The van der Waals surface area contributed by atoms with E-state index < -0.39 is 0 Å². The van der Waals surface area contributed by atoms with Crippen molar-refractivity contribution < 1.29 is 4.42 Å². The highest BCUT2D eigenvalue weighted by Crippen LogP contribution is 2.54. The van der Waals surface area contributed by atoms with E-state index in [0.717, 1.165) is 39.0 Å². The topological polar surface area (TPSA) is 16.4 Å². The molecular formula is C51H35NO. The maximum absolute atomic E-state index is 6.46. The number of anilines is 3. The maximum atomic E-state index is 6.46. The minimum atomic E-state index is -0.111. The summed E-state index contributed by atoms with van der Waals surface area (Å²) in [5.41, 5.74) is 12.7. The Balaban J connectivity index is 1.14. The van der Waals surface area contributed by atoms with Crippen molar-refractivity contribution >= 4 is 71.3 Å². The first-order valence-electron chi connectivity index (χ1n) is 18.4. The molecule has 2 nitrogen and oxygen atoms in total. The van der Waals surface area contributed by atoms with E-state index in [1.54, 1.807) is 0 Å². The number of nitrogens with zero attached hydrogens (tertiary/aromatic N) is 1. The summed E-state index contributed by atoms with van der Waals surface area (Å²) >= 11 is 0. The molecule has 53 heavy (non-hydrogen) atoms. The molecule has 10 aromatic rings. The lowest BCUT2D eigenvalue weighted by Crippen LogP contribution is -2.16. The van der Waals surface area contributed by atoms with Crippen molar-refractivity contribution in [1.29, 1.82) is 0 Å². The Hall–Kier alpha value is -6.64. The highest BCUT2D eigenvalue weighted by Gasteiger charge is 2.37. The summed E-state index contributed by atoms with van der Waals surface area (Å²) in [5, 5.41) is 9.89. The average molecular weight is 678 g/mol. The summed E-state index contributed by atoms with van der Waals surface area (Å²) in [6.45, 7) is 4.69. The van der Waals surface area contributed by atoms with E-state index in [-0.39, 0.29) is 5.41 Å². The van der Waals surface area contributed by atoms with Gasteiger partial charge in [0.2, 0.25) is 0 Å². The molecule has 0 N–H and O–H groups in total. The van der Waals surface area contributed by atoms with Crippen LogP contribution >= 0.6 is 0 Å². The first-order valence-corrected chi connectivity index (χ1v) is 18.4. The molecule has 2 heteroatoms. The molecule has 1 aromatic heterocycles. The van der Waals surface area contributed by atoms with Gasteiger partial charge in [-0.25, -0.2) is 0 Å². The fraction of sp³-hybridized carbons (Fsp3) is 0.0588. The molecule has 250 valence electrons. The summed E-state index contributed by atoms with van der Waals surface area (Å²) < 4.78 is 6.46. The Morgan fingerprint density at radius 3 is 1.96 bits per heavy atom. The van der Waals surface area contributed by atoms with Gasteiger partial charge in [-0.1, -0.05) is 141 Å². The first kappa shape index (κ1) is 30.0. The van der Waals surface area contributed by atoms with Gasteiger partial charge in [0.1, 0.15) is 11.2 Å². The van der Waals surface area contributed by atoms with Crippen LogP contribution in [-0.4, -0.2) is 0 Å². The molecule has 9 aromatic carbocycles. The summed E-state index contributed by atoms with van der Waals surface area (Å²) in [7, 11) is 0. The van der Waals surface area contributed by atoms with Gasteiger partial charge in [0.15, 0.2) is 0 Å². The molecule has 0 radical (unpaired) electrons. The van der Waals surface area contributed by atoms with E-state index in [4.69, 9.17) is 4.42 Å². The van der Waals surface area contributed by atoms with E-state index in [1.807, 2.05) is 12.1 Å². The third-order valence-corrected chi connectivity index (χ3v) is 11.6. The zero-order chi connectivity index (χ0) is 35.3. The van der Waals surface area contributed by atoms with Crippen LogP contribution in [0.2, 0.25) is 0 Å². The standard InChI is InChI=1S/C51H35NO/c1-51(2)44-18-9-7-17-42(44)50-45(51)19-11-20-46(50)52(36-27-29-40-39-16-8-10-21-47(39)53-48(40)31-36)35-25-22-33(23-26-35)43-30-34-13-4-5-14-37(34)41-28-24-32-12-3-6-15-38(32)49(41)43/h3-31H,1-2H3. The molecule has 0 fully saturated rings. The second-order valence-electron chi connectivity index (χ2n) is 14.9. The molecule has 0 amide bonds. The van der Waals surface area contributed by atoms with E-state index in [0.29, 0.717) is 0 Å². The minimum Gasteiger partial charge on any atom is -0.456 e. The number of furan rings is 1. The molecule has 0 atom stereocenters. The average Bonchev–Trinajstić information content (AvgIpc) is 3.69. The van der Waals surface area contributed by atoms with Gasteiger partial charge in [0, 0.05) is 39.2 Å². The molecule has 1 aliphatic rings. The summed E-state index contributed by atoms with van der Waals surface area (Å²) in [4.78, 5) is 2.42. The SMILES string of the molecule is CC1(C)c2ccccc2-c2c(N(c3ccc(-c4cc5ccccc5c5ccc6ccccc6c45)cc3)c3ccc4c(c3)oc3ccccc34)cccc21. The predicted molar refractivity (Wildman–Crippen MR) is 224 cm³/mol. The van der Waals surface area contributed by atoms with Crippen LogP contribution in [0.5, 0.6) is 0 Å². The lowest BCUT2D eigenvalue weighted by Gasteiger charge is -2.29. The van der Waals surface area contributed by atoms with Crippen molar-refractivity contribution in [2.75, 3.05) is 4.90 Å². The molecular weight excluding hydrogens is 643 g/mol. The predicted octanol–water partition coefficient (Wildman–Crippen LogP) is 14.5. The van der Waals surface area contributed by atoms with Gasteiger partial charge in [-0.3, -0.25) is 0 Å². The lowest BCUT2D eigenvalue weighted by molar-refractivity contribution is 0.660. The fourth-order valence-corrected chi connectivity index (χ4v) is 9.10. The molecule has 0 bridgehead atoms. The zero-order valence-electron chi connectivity index (χ0n) is 29.6. The van der Waals surface area contributed by atoms with Gasteiger partial charge < -0.3 is 9.32 Å². The first-order chi connectivity index (χ1) is 26.0. The highest BCUT2D eigenvalue weighted by molar-refractivity contribution is 6.23. The molecule has 0 aliphatic heterocycles. The third-order valence-electron chi connectivity index (χ3n) is 11.6. The molecule has 1 heterocycles. The van der Waals surface area contributed by atoms with Crippen LogP contribution in [0.3, 0.4) is 0 Å². The smallest absolute Gasteiger partial charge is 0.137 e. The van der Waals surface area contributed by atoms with Crippen LogP contribution in [0.1, 0.15) is 25.0 Å². The van der Waals surface area contributed by atoms with Crippen molar-refractivity contribution in [2.45, 2.75) is 19.3 Å². The third kappa shape index (κ3) is 4.39. The maximum Gasteiger partial charge on any atom is 0.137 e. The number of fused-ring (bicyclic) bond motifs is 11. The number of hydrogen-bond acceptors (Lipinski definition) is 2. The number of para-hydroxylation sites is 1. The Labute approximate surface area is 308 Å². The summed E-state index contributed by atoms with van der Waals surface area (Å²) in [6, 6.07) is 64.3. The largest absolute Gasteiger partial charge is 0.456 e. The normalized spacial score (nSPS) is 13.2. The Kier molecular flexibility index (Phi) is 6.33. The van der Waals surface area contributed by atoms with Crippen LogP contribution in [0.25, 0.3) is 76.5 Å². The zero-order valence-corrected chi connectivity index (χ0v) is 29.6. The van der Waals surface area contributed by atoms with Crippen LogP contribution in [0, 0.1) is 0 Å². The monoisotopic (exact) mass is 677 g/mol. The van der Waals surface area contributed by atoms with E-state index >= 15 is 0 Å². The molecule has 1 aliphatic carbocycles. The van der Waals surface area contributed by atoms with Gasteiger partial charge in [-0.15, -0.1) is 0 Å². The minimum absolute atomic E-state index is 0.111. The molecule has 0 spiro atoms. The van der Waals surface area contributed by atoms with Gasteiger partial charge in [0.05, 0.1) is 5.69 Å². The van der Waals surface area contributed by atoms with Crippen LogP contribution < -0.4 is 4.90 Å². The number of hydrogen-bond donors (Lipinski definition) is 0. The Morgan fingerprint density at radius 1 is 0.434 bits per heavy atom. The Bertz CT molecular complexity index is 3090. The van der Waals surface area contributed by atoms with E-state index in [2.05, 4.69) is 183 Å². The highest BCUT2D eigenvalue weighted by atomic mass is 16.3. The Morgan fingerprint density at radius 2 is 1.09 bits per heavy atom. The van der Waals surface area contributed by atoms with Gasteiger partial charge in [-0.2, -0.15) is 0 Å². The van der Waals surface area contributed by atoms with Crippen molar-refractivity contribution in [2.24, 2.45) is 0 Å². The van der Waals surface area contributed by atoms with Gasteiger partial charge >= 0.3 is 0 Å². The molecule has 0 saturated carbocycles. The van der Waals surface area contributed by atoms with E-state index in [9.17, 15) is 0 Å². The fourth-order valence-electron chi connectivity index (χ4n) is 9.10. The molecule has 11 rings (SSSR count). The van der Waals surface area contributed by atoms with Crippen molar-refractivity contribution in [3.8, 4) is 22.3 Å². The van der Waals surface area contributed by atoms with Crippen molar-refractivity contribution in [3.63, 3.8) is 0 Å². The summed E-state index contributed by atoms with van der Waals surface area (Å²) in [5.74, 6) is 0. The second-order valence-corrected chi connectivity index (χ2v) is 14.9. The van der Waals surface area contributed by atoms with Gasteiger partial charge in [-0.05, 0) is 103 Å². The quantitative estimate of drug-likeness (QED) is 0.172.